The Hall–Kier alpha value is -0.430. The zero-order valence-electron chi connectivity index (χ0n) is 6.66. The van der Waals surface area contributed by atoms with Crippen LogP contribution in [0.2, 0.25) is 0 Å². The highest BCUT2D eigenvalue weighted by atomic mass is 127. The second-order valence-corrected chi connectivity index (χ2v) is 3.08. The molecular formula is C8H8INO2S. The molecule has 0 saturated heterocycles. The molecule has 0 amide bonds. The van der Waals surface area contributed by atoms with Crippen LogP contribution in [0.1, 0.15) is 10.4 Å². The fraction of sp³-hybridized carbons (Fsp3) is 0.125. The molecule has 0 aliphatic carbocycles. The number of halogens is 1. The molecular weight excluding hydrogens is 301 g/mol. The monoisotopic (exact) mass is 309 g/mol. The maximum absolute atomic E-state index is 11.2. The average Bonchev–Trinajstić information content (AvgIpc) is 2.18. The van der Waals surface area contributed by atoms with Crippen molar-refractivity contribution in [1.29, 1.82) is 0 Å². The minimum atomic E-state index is -0.305. The molecule has 1 aromatic rings. The third-order valence-corrected chi connectivity index (χ3v) is 2.00. The van der Waals surface area contributed by atoms with Crippen molar-refractivity contribution in [1.82, 2.24) is 0 Å². The molecule has 0 saturated carbocycles. The number of hydrogen-bond donors (Lipinski definition) is 2. The van der Waals surface area contributed by atoms with Gasteiger partial charge in [0.15, 0.2) is 0 Å². The molecule has 1 N–H and O–H groups in total. The van der Waals surface area contributed by atoms with Crippen molar-refractivity contribution in [3.8, 4) is 0 Å². The first-order chi connectivity index (χ1) is 6.27. The zero-order valence-corrected chi connectivity index (χ0v) is 9.71. The molecule has 0 aliphatic rings. The number of rotatable bonds is 3. The minimum Gasteiger partial charge on any atom is -0.451 e. The van der Waals surface area contributed by atoms with Gasteiger partial charge in [-0.2, -0.15) is 0 Å². The fourth-order valence-electron chi connectivity index (χ4n) is 0.814. The Bertz CT molecular complexity index is 289. The number of esters is 1. The standard InChI is InChI=1S/C8H8INO2S/c9-5-12-8(11)6-1-3-7(10-13)4-2-6/h1-4,10,13H,5H2. The van der Waals surface area contributed by atoms with Gasteiger partial charge in [-0.15, -0.1) is 0 Å². The molecule has 0 radical (unpaired) electrons. The summed E-state index contributed by atoms with van der Waals surface area (Å²) in [4.78, 5) is 11.2. The maximum Gasteiger partial charge on any atom is 0.338 e. The Morgan fingerprint density at radius 2 is 2.08 bits per heavy atom. The van der Waals surface area contributed by atoms with E-state index in [1.165, 1.54) is 0 Å². The number of hydrogen-bond acceptors (Lipinski definition) is 4. The highest BCUT2D eigenvalue weighted by Crippen LogP contribution is 2.11. The van der Waals surface area contributed by atoms with E-state index in [0.29, 0.717) is 10.2 Å². The molecule has 0 fully saturated rings. The first-order valence-corrected chi connectivity index (χ1v) is 5.48. The second-order valence-electron chi connectivity index (χ2n) is 2.23. The van der Waals surface area contributed by atoms with Gasteiger partial charge in [-0.3, -0.25) is 0 Å². The average molecular weight is 309 g/mol. The summed E-state index contributed by atoms with van der Waals surface area (Å²) in [7, 11) is 0. The summed E-state index contributed by atoms with van der Waals surface area (Å²) in [5.74, 6) is -0.305. The van der Waals surface area contributed by atoms with Crippen molar-refractivity contribution in [2.45, 2.75) is 0 Å². The van der Waals surface area contributed by atoms with Crippen LogP contribution in [0.25, 0.3) is 0 Å². The lowest BCUT2D eigenvalue weighted by Gasteiger charge is -2.01. The minimum absolute atomic E-state index is 0.305. The van der Waals surface area contributed by atoms with Gasteiger partial charge in [0.2, 0.25) is 0 Å². The summed E-state index contributed by atoms with van der Waals surface area (Å²) in [6, 6.07) is 6.90. The van der Waals surface area contributed by atoms with Gasteiger partial charge in [-0.05, 0) is 46.9 Å². The van der Waals surface area contributed by atoms with Crippen molar-refractivity contribution in [3.05, 3.63) is 29.8 Å². The SMILES string of the molecule is O=C(OCI)c1ccc(NS)cc1. The van der Waals surface area contributed by atoms with Gasteiger partial charge in [-0.25, -0.2) is 4.79 Å². The van der Waals surface area contributed by atoms with Gasteiger partial charge >= 0.3 is 5.97 Å². The molecule has 5 heteroatoms. The Balaban J connectivity index is 2.74. The Kier molecular flexibility index (Phi) is 4.37. The van der Waals surface area contributed by atoms with Gasteiger partial charge < -0.3 is 9.46 Å². The summed E-state index contributed by atoms with van der Waals surface area (Å²) in [6.45, 7) is 0. The topological polar surface area (TPSA) is 38.3 Å². The second kappa shape index (κ2) is 5.33. The van der Waals surface area contributed by atoms with Crippen LogP contribution in [0.3, 0.4) is 0 Å². The third kappa shape index (κ3) is 3.07. The van der Waals surface area contributed by atoms with E-state index in [-0.39, 0.29) is 5.97 Å². The summed E-state index contributed by atoms with van der Waals surface area (Å²) in [5.41, 5.74) is 1.39. The molecule has 0 aliphatic heterocycles. The Morgan fingerprint density at radius 3 is 2.54 bits per heavy atom. The zero-order chi connectivity index (χ0) is 9.68. The number of carbonyl (C=O) groups is 1. The number of ether oxygens (including phenoxy) is 1. The van der Waals surface area contributed by atoms with Crippen LogP contribution < -0.4 is 4.72 Å². The molecule has 13 heavy (non-hydrogen) atoms. The van der Waals surface area contributed by atoms with E-state index >= 15 is 0 Å². The van der Waals surface area contributed by atoms with Crippen molar-refractivity contribution < 1.29 is 9.53 Å². The lowest BCUT2D eigenvalue weighted by molar-refractivity contribution is 0.0590. The molecule has 1 rings (SSSR count). The quantitative estimate of drug-likeness (QED) is 0.390. The number of carbonyl (C=O) groups excluding carboxylic acids is 1. The van der Waals surface area contributed by atoms with Gasteiger partial charge in [0.25, 0.3) is 0 Å². The summed E-state index contributed by atoms with van der Waals surface area (Å²) >= 11 is 5.85. The molecule has 0 spiro atoms. The number of nitrogens with one attached hydrogen (secondary N) is 1. The summed E-state index contributed by atoms with van der Waals surface area (Å²) in [5, 5.41) is 0. The van der Waals surface area contributed by atoms with Crippen LogP contribution in [0.15, 0.2) is 24.3 Å². The first-order valence-electron chi connectivity index (χ1n) is 3.51. The normalized spacial score (nSPS) is 9.38. The smallest absolute Gasteiger partial charge is 0.338 e. The first kappa shape index (κ1) is 10.6. The highest BCUT2D eigenvalue weighted by molar-refractivity contribution is 14.1. The predicted octanol–water partition coefficient (Wildman–Crippen LogP) is 2.49. The van der Waals surface area contributed by atoms with Crippen molar-refractivity contribution in [2.75, 3.05) is 9.34 Å². The molecule has 70 valence electrons. The van der Waals surface area contributed by atoms with Gasteiger partial charge in [0.1, 0.15) is 4.61 Å². The molecule has 3 nitrogen and oxygen atoms in total. The molecule has 0 heterocycles. The molecule has 0 bridgehead atoms. The van der Waals surface area contributed by atoms with Crippen LogP contribution in [0.4, 0.5) is 5.69 Å². The van der Waals surface area contributed by atoms with E-state index in [2.05, 4.69) is 17.5 Å². The Morgan fingerprint density at radius 1 is 1.46 bits per heavy atom. The van der Waals surface area contributed by atoms with Crippen LogP contribution in [0, 0.1) is 0 Å². The molecule has 0 atom stereocenters. The van der Waals surface area contributed by atoms with Crippen LogP contribution >= 0.6 is 35.4 Å². The van der Waals surface area contributed by atoms with Crippen molar-refractivity contribution in [3.63, 3.8) is 0 Å². The fourth-order valence-corrected chi connectivity index (χ4v) is 1.25. The summed E-state index contributed by atoms with van der Waals surface area (Å²) < 4.78 is 7.84. The van der Waals surface area contributed by atoms with Gasteiger partial charge in [0, 0.05) is 5.69 Å². The van der Waals surface area contributed by atoms with Crippen LogP contribution in [-0.2, 0) is 4.74 Å². The van der Waals surface area contributed by atoms with E-state index in [1.807, 2.05) is 22.6 Å². The number of alkyl halides is 1. The molecule has 1 aromatic carbocycles. The van der Waals surface area contributed by atoms with Gasteiger partial charge in [-0.1, -0.05) is 12.8 Å². The number of anilines is 1. The van der Waals surface area contributed by atoms with Crippen molar-refractivity contribution in [2.24, 2.45) is 0 Å². The highest BCUT2D eigenvalue weighted by Gasteiger charge is 2.04. The third-order valence-electron chi connectivity index (χ3n) is 1.44. The molecule has 0 aromatic heterocycles. The van der Waals surface area contributed by atoms with Crippen molar-refractivity contribution >= 4 is 47.1 Å². The van der Waals surface area contributed by atoms with E-state index in [1.54, 1.807) is 24.3 Å². The maximum atomic E-state index is 11.2. The Labute approximate surface area is 95.5 Å². The largest absolute Gasteiger partial charge is 0.451 e. The van der Waals surface area contributed by atoms with Crippen LogP contribution in [0.5, 0.6) is 0 Å². The molecule has 0 unspecified atom stereocenters. The van der Waals surface area contributed by atoms with E-state index in [0.717, 1.165) is 5.69 Å². The lowest BCUT2D eigenvalue weighted by Crippen LogP contribution is -2.02. The van der Waals surface area contributed by atoms with E-state index < -0.39 is 0 Å². The van der Waals surface area contributed by atoms with Gasteiger partial charge in [0.05, 0.1) is 5.56 Å². The number of thiol groups is 1. The predicted molar refractivity (Wildman–Crippen MR) is 63.4 cm³/mol. The number of benzene rings is 1. The van der Waals surface area contributed by atoms with E-state index in [9.17, 15) is 4.79 Å². The lowest BCUT2D eigenvalue weighted by atomic mass is 10.2. The van der Waals surface area contributed by atoms with Crippen LogP contribution in [-0.4, -0.2) is 10.6 Å². The van der Waals surface area contributed by atoms with E-state index in [4.69, 9.17) is 4.74 Å². The summed E-state index contributed by atoms with van der Waals surface area (Å²) in [6.07, 6.45) is 0.